The van der Waals surface area contributed by atoms with Gasteiger partial charge in [-0.25, -0.2) is 9.97 Å². The lowest BCUT2D eigenvalue weighted by molar-refractivity contribution is 0.355. The molecule has 0 bridgehead atoms. The van der Waals surface area contributed by atoms with Crippen LogP contribution in [0.5, 0.6) is 5.75 Å². The smallest absolute Gasteiger partial charge is 0.148 e. The molecule has 1 aliphatic heterocycles. The first-order chi connectivity index (χ1) is 13.0. The number of rotatable bonds is 5. The number of nitrogens with one attached hydrogen (secondary N) is 2. The zero-order valence-electron chi connectivity index (χ0n) is 17.7. The van der Waals surface area contributed by atoms with Crippen LogP contribution in [-0.4, -0.2) is 23.6 Å². The summed E-state index contributed by atoms with van der Waals surface area (Å²) in [6.07, 6.45) is 4.08. The predicted octanol–water partition coefficient (Wildman–Crippen LogP) is 5.65. The summed E-state index contributed by atoms with van der Waals surface area (Å²) >= 11 is 0. The molecule has 0 aromatic carbocycles. The lowest BCUT2D eigenvalue weighted by Gasteiger charge is -2.17. The second kappa shape index (κ2) is 9.40. The van der Waals surface area contributed by atoms with Crippen molar-refractivity contribution in [2.24, 2.45) is 0 Å². The fourth-order valence-electron chi connectivity index (χ4n) is 3.28. The van der Waals surface area contributed by atoms with Crippen LogP contribution in [0, 0.1) is 13.8 Å². The van der Waals surface area contributed by atoms with Gasteiger partial charge in [-0.15, -0.1) is 0 Å². The van der Waals surface area contributed by atoms with Crippen molar-refractivity contribution >= 4 is 22.9 Å². The normalized spacial score (nSPS) is 12.6. The van der Waals surface area contributed by atoms with E-state index in [1.165, 1.54) is 5.57 Å². The topological polar surface area (TPSA) is 59.1 Å². The number of ether oxygens (including phenoxy) is 1. The van der Waals surface area contributed by atoms with Crippen molar-refractivity contribution in [1.29, 1.82) is 0 Å². The van der Waals surface area contributed by atoms with Gasteiger partial charge in [0.25, 0.3) is 0 Å². The van der Waals surface area contributed by atoms with E-state index in [-0.39, 0.29) is 0 Å². The first kappa shape index (κ1) is 20.7. The molecule has 2 aromatic rings. The van der Waals surface area contributed by atoms with E-state index < -0.39 is 0 Å². The summed E-state index contributed by atoms with van der Waals surface area (Å²) in [5, 5.41) is 6.58. The highest BCUT2D eigenvalue weighted by molar-refractivity contribution is 5.78. The van der Waals surface area contributed by atoms with E-state index in [9.17, 15) is 0 Å². The Labute approximate surface area is 163 Å². The first-order valence-corrected chi connectivity index (χ1v) is 9.80. The molecular formula is C22H32N4O. The number of hydrogen-bond donors (Lipinski definition) is 2. The maximum Gasteiger partial charge on any atom is 0.148 e. The number of allylic oxidation sites excluding steroid dienone is 2. The standard InChI is InChI=1S/C20H26N4O.C2H6/c1-6-7-12(2)18-14(4)20(23-16-8-9-25-19(16)18)24-17-11-15(21-5)10-13(3)22-17;1-2/h7,10-11H,6,8-9H2,1-5H3,(H2,21,22,23,24);1-2H3/b12-7+;. The van der Waals surface area contributed by atoms with E-state index in [1.807, 2.05) is 40.0 Å². The zero-order chi connectivity index (χ0) is 20.0. The molecule has 27 heavy (non-hydrogen) atoms. The lowest BCUT2D eigenvalue weighted by atomic mass is 9.99. The number of hydrogen-bond acceptors (Lipinski definition) is 5. The van der Waals surface area contributed by atoms with Crippen LogP contribution < -0.4 is 15.4 Å². The maximum absolute atomic E-state index is 5.88. The van der Waals surface area contributed by atoms with E-state index in [1.54, 1.807) is 0 Å². The van der Waals surface area contributed by atoms with Crippen LogP contribution in [0.15, 0.2) is 18.2 Å². The predicted molar refractivity (Wildman–Crippen MR) is 115 cm³/mol. The van der Waals surface area contributed by atoms with Crippen molar-refractivity contribution in [1.82, 2.24) is 9.97 Å². The molecule has 0 aliphatic carbocycles. The average Bonchev–Trinajstić information content (AvgIpc) is 3.11. The highest BCUT2D eigenvalue weighted by atomic mass is 16.5. The SMILES string of the molecule is CC.CC/C=C(\C)c1c(C)c(Nc2cc(NC)cc(C)n2)nc2c1OCC2. The number of fused-ring (bicyclic) bond motifs is 1. The van der Waals surface area contributed by atoms with E-state index in [4.69, 9.17) is 9.72 Å². The third-order valence-electron chi connectivity index (χ3n) is 4.44. The van der Waals surface area contributed by atoms with Crippen LogP contribution in [0.4, 0.5) is 17.3 Å². The monoisotopic (exact) mass is 368 g/mol. The van der Waals surface area contributed by atoms with Crippen molar-refractivity contribution in [3.63, 3.8) is 0 Å². The van der Waals surface area contributed by atoms with Gasteiger partial charge in [-0.3, -0.25) is 0 Å². The minimum atomic E-state index is 0.699. The van der Waals surface area contributed by atoms with Crippen molar-refractivity contribution in [2.75, 3.05) is 24.3 Å². The Hall–Kier alpha value is -2.56. The molecular weight excluding hydrogens is 336 g/mol. The molecule has 0 fully saturated rings. The molecule has 2 aromatic heterocycles. The molecule has 0 unspecified atom stereocenters. The Morgan fingerprint density at radius 3 is 2.63 bits per heavy atom. The third-order valence-corrected chi connectivity index (χ3v) is 4.44. The summed E-state index contributed by atoms with van der Waals surface area (Å²) in [5.74, 6) is 2.59. The summed E-state index contributed by atoms with van der Waals surface area (Å²) in [6, 6.07) is 4.01. The summed E-state index contributed by atoms with van der Waals surface area (Å²) in [5.41, 5.74) is 6.49. The molecule has 0 atom stereocenters. The van der Waals surface area contributed by atoms with Crippen LogP contribution >= 0.6 is 0 Å². The van der Waals surface area contributed by atoms with Gasteiger partial charge in [0.1, 0.15) is 17.4 Å². The Balaban J connectivity index is 0.00000126. The molecule has 1 aliphatic rings. The number of aromatic nitrogens is 2. The average molecular weight is 369 g/mol. The molecule has 0 radical (unpaired) electrons. The van der Waals surface area contributed by atoms with Gasteiger partial charge in [-0.2, -0.15) is 0 Å². The van der Waals surface area contributed by atoms with Crippen molar-refractivity contribution in [2.45, 2.75) is 54.4 Å². The van der Waals surface area contributed by atoms with Gasteiger partial charge in [0.15, 0.2) is 0 Å². The Morgan fingerprint density at radius 2 is 1.96 bits per heavy atom. The summed E-state index contributed by atoms with van der Waals surface area (Å²) < 4.78 is 5.88. The molecule has 0 spiro atoms. The Kier molecular flexibility index (Phi) is 7.22. The highest BCUT2D eigenvalue weighted by Crippen LogP contribution is 2.39. The third kappa shape index (κ3) is 4.59. The van der Waals surface area contributed by atoms with Crippen molar-refractivity contribution in [3.8, 4) is 5.75 Å². The van der Waals surface area contributed by atoms with Crippen molar-refractivity contribution < 1.29 is 4.74 Å². The molecule has 146 valence electrons. The van der Waals surface area contributed by atoms with Crippen LogP contribution in [0.25, 0.3) is 5.57 Å². The zero-order valence-corrected chi connectivity index (χ0v) is 17.7. The minimum Gasteiger partial charge on any atom is -0.491 e. The van der Waals surface area contributed by atoms with Gasteiger partial charge in [0.05, 0.1) is 12.3 Å². The minimum absolute atomic E-state index is 0.699. The van der Waals surface area contributed by atoms with Gasteiger partial charge in [0, 0.05) is 42.0 Å². The summed E-state index contributed by atoms with van der Waals surface area (Å²) in [7, 11) is 1.91. The summed E-state index contributed by atoms with van der Waals surface area (Å²) in [4.78, 5) is 9.40. The van der Waals surface area contributed by atoms with Gasteiger partial charge < -0.3 is 15.4 Å². The van der Waals surface area contributed by atoms with Crippen LogP contribution in [-0.2, 0) is 6.42 Å². The fraction of sp³-hybridized carbons (Fsp3) is 0.455. The van der Waals surface area contributed by atoms with Gasteiger partial charge in [0.2, 0.25) is 0 Å². The molecule has 3 rings (SSSR count). The van der Waals surface area contributed by atoms with E-state index in [0.717, 1.165) is 58.4 Å². The molecule has 0 saturated heterocycles. The molecule has 0 saturated carbocycles. The van der Waals surface area contributed by atoms with E-state index in [2.05, 4.69) is 42.5 Å². The molecule has 3 heterocycles. The second-order valence-electron chi connectivity index (χ2n) is 6.39. The van der Waals surface area contributed by atoms with Gasteiger partial charge in [-0.1, -0.05) is 26.8 Å². The molecule has 5 heteroatoms. The highest BCUT2D eigenvalue weighted by Gasteiger charge is 2.23. The van der Waals surface area contributed by atoms with Crippen LogP contribution in [0.3, 0.4) is 0 Å². The van der Waals surface area contributed by atoms with E-state index in [0.29, 0.717) is 6.61 Å². The van der Waals surface area contributed by atoms with Crippen LogP contribution in [0.2, 0.25) is 0 Å². The Morgan fingerprint density at radius 1 is 1.22 bits per heavy atom. The summed E-state index contributed by atoms with van der Waals surface area (Å²) in [6.45, 7) is 13.1. The quantitative estimate of drug-likeness (QED) is 0.714. The van der Waals surface area contributed by atoms with Gasteiger partial charge >= 0.3 is 0 Å². The Bertz CT molecular complexity index is 828. The molecule has 5 nitrogen and oxygen atoms in total. The fourth-order valence-corrected chi connectivity index (χ4v) is 3.28. The lowest BCUT2D eigenvalue weighted by Crippen LogP contribution is -2.05. The van der Waals surface area contributed by atoms with Crippen LogP contribution in [0.1, 0.15) is 56.6 Å². The molecule has 0 amide bonds. The van der Waals surface area contributed by atoms with Gasteiger partial charge in [-0.05, 0) is 38.8 Å². The molecule has 2 N–H and O–H groups in total. The number of anilines is 3. The number of pyridine rings is 2. The number of aryl methyl sites for hydroxylation is 1. The second-order valence-corrected chi connectivity index (χ2v) is 6.39. The maximum atomic E-state index is 5.88. The van der Waals surface area contributed by atoms with Crippen molar-refractivity contribution in [3.05, 3.63) is 40.7 Å². The first-order valence-electron chi connectivity index (χ1n) is 9.80. The van der Waals surface area contributed by atoms with E-state index >= 15 is 0 Å². The largest absolute Gasteiger partial charge is 0.491 e. The number of nitrogens with zero attached hydrogens (tertiary/aromatic N) is 2.